The molecule has 4 N–H and O–H groups in total. The summed E-state index contributed by atoms with van der Waals surface area (Å²) in [6.45, 7) is 3.85. The summed E-state index contributed by atoms with van der Waals surface area (Å²) < 4.78 is 0. The zero-order valence-corrected chi connectivity index (χ0v) is 12.6. The first-order chi connectivity index (χ1) is 9.88. The van der Waals surface area contributed by atoms with E-state index in [2.05, 4.69) is 5.32 Å². The Hall–Kier alpha value is -2.20. The molecule has 0 bridgehead atoms. The number of hydrogen-bond donors (Lipinski definition) is 3. The quantitative estimate of drug-likeness (QED) is 0.807. The number of rotatable bonds is 4. The van der Waals surface area contributed by atoms with Crippen LogP contribution in [0.4, 0.5) is 5.69 Å². The number of phenols is 1. The van der Waals surface area contributed by atoms with E-state index in [1.165, 1.54) is 0 Å². The van der Waals surface area contributed by atoms with Crippen LogP contribution >= 0.6 is 11.6 Å². The van der Waals surface area contributed by atoms with Crippen molar-refractivity contribution in [1.82, 2.24) is 0 Å². The molecule has 0 fully saturated rings. The Morgan fingerprint density at radius 1 is 1.29 bits per heavy atom. The first-order valence-corrected chi connectivity index (χ1v) is 6.91. The maximum Gasteiger partial charge on any atom is 0.250 e. The van der Waals surface area contributed by atoms with E-state index in [0.29, 0.717) is 5.02 Å². The number of carbonyl (C=O) groups is 1. The lowest BCUT2D eigenvalue weighted by Crippen LogP contribution is -2.12. The third kappa shape index (κ3) is 3.47. The van der Waals surface area contributed by atoms with Crippen molar-refractivity contribution in [3.63, 3.8) is 0 Å². The number of carbonyl (C=O) groups excluding carboxylic acids is 1. The van der Waals surface area contributed by atoms with Gasteiger partial charge in [0.25, 0.3) is 0 Å². The molecule has 1 amide bonds. The molecule has 0 aliphatic rings. The van der Waals surface area contributed by atoms with Crippen LogP contribution in [-0.2, 0) is 0 Å². The summed E-state index contributed by atoms with van der Waals surface area (Å²) in [5, 5.41) is 13.5. The molecule has 2 rings (SSSR count). The lowest BCUT2D eigenvalue weighted by molar-refractivity contribution is 0.100. The largest absolute Gasteiger partial charge is 0.508 e. The third-order valence-electron chi connectivity index (χ3n) is 3.27. The first kappa shape index (κ1) is 15.2. The van der Waals surface area contributed by atoms with Crippen molar-refractivity contribution < 1.29 is 9.90 Å². The van der Waals surface area contributed by atoms with Crippen molar-refractivity contribution in [3.05, 3.63) is 58.1 Å². The highest BCUT2D eigenvalue weighted by Crippen LogP contribution is 2.29. The van der Waals surface area contributed by atoms with Gasteiger partial charge >= 0.3 is 0 Å². The van der Waals surface area contributed by atoms with Crippen molar-refractivity contribution in [3.8, 4) is 5.75 Å². The van der Waals surface area contributed by atoms with Gasteiger partial charge in [0.05, 0.1) is 16.6 Å². The number of primary amides is 1. The Kier molecular flexibility index (Phi) is 4.38. The van der Waals surface area contributed by atoms with Crippen LogP contribution in [0.2, 0.25) is 5.02 Å². The average Bonchev–Trinajstić information content (AvgIpc) is 2.37. The van der Waals surface area contributed by atoms with Crippen LogP contribution < -0.4 is 11.1 Å². The second-order valence-electron chi connectivity index (χ2n) is 4.99. The zero-order valence-electron chi connectivity index (χ0n) is 11.9. The zero-order chi connectivity index (χ0) is 15.6. The highest BCUT2D eigenvalue weighted by molar-refractivity contribution is 6.34. The van der Waals surface area contributed by atoms with E-state index in [1.54, 1.807) is 24.3 Å². The van der Waals surface area contributed by atoms with E-state index in [4.69, 9.17) is 17.3 Å². The van der Waals surface area contributed by atoms with Gasteiger partial charge in [-0.2, -0.15) is 0 Å². The van der Waals surface area contributed by atoms with Gasteiger partial charge in [-0.15, -0.1) is 0 Å². The second kappa shape index (κ2) is 6.06. The molecule has 0 radical (unpaired) electrons. The minimum Gasteiger partial charge on any atom is -0.508 e. The topological polar surface area (TPSA) is 75.3 Å². The molecular formula is C16H17ClN2O2. The van der Waals surface area contributed by atoms with E-state index >= 15 is 0 Å². The Bertz CT molecular complexity index is 686. The maximum absolute atomic E-state index is 11.1. The van der Waals surface area contributed by atoms with Crippen molar-refractivity contribution in [2.45, 2.75) is 19.9 Å². The molecule has 0 heterocycles. The summed E-state index contributed by atoms with van der Waals surface area (Å²) in [7, 11) is 0. The van der Waals surface area contributed by atoms with Crippen molar-refractivity contribution in [1.29, 1.82) is 0 Å². The molecule has 0 saturated heterocycles. The molecule has 21 heavy (non-hydrogen) atoms. The number of nitrogens with one attached hydrogen (secondary N) is 1. The molecule has 0 saturated carbocycles. The number of benzene rings is 2. The molecule has 1 unspecified atom stereocenters. The predicted molar refractivity (Wildman–Crippen MR) is 84.9 cm³/mol. The van der Waals surface area contributed by atoms with Crippen LogP contribution in [0.5, 0.6) is 5.75 Å². The van der Waals surface area contributed by atoms with Crippen LogP contribution in [-0.4, -0.2) is 11.0 Å². The molecular weight excluding hydrogens is 288 g/mol. The summed E-state index contributed by atoms with van der Waals surface area (Å²) in [5.74, 6) is -0.314. The summed E-state index contributed by atoms with van der Waals surface area (Å²) in [6, 6.07) is 10.4. The lowest BCUT2D eigenvalue weighted by atomic mass is 10.0. The molecule has 5 heteroatoms. The number of aromatic hydroxyl groups is 1. The number of halogens is 1. The standard InChI is InChI=1S/C16H17ClN2O2/c1-9-3-5-12(15(20)7-9)10(2)19-11-4-6-13(16(18)21)14(17)8-11/h3-8,10,19-20H,1-2H3,(H2,18,21). The number of hydrogen-bond acceptors (Lipinski definition) is 3. The monoisotopic (exact) mass is 304 g/mol. The van der Waals surface area contributed by atoms with E-state index in [0.717, 1.165) is 16.8 Å². The van der Waals surface area contributed by atoms with Gasteiger partial charge in [0.1, 0.15) is 5.75 Å². The normalized spacial score (nSPS) is 12.0. The van der Waals surface area contributed by atoms with Crippen LogP contribution in [0.3, 0.4) is 0 Å². The number of aryl methyl sites for hydroxylation is 1. The molecule has 2 aromatic carbocycles. The van der Waals surface area contributed by atoms with Gasteiger partial charge in [0, 0.05) is 11.3 Å². The second-order valence-corrected chi connectivity index (χ2v) is 5.39. The van der Waals surface area contributed by atoms with Crippen molar-refractivity contribution in [2.75, 3.05) is 5.32 Å². The molecule has 0 aliphatic carbocycles. The predicted octanol–water partition coefficient (Wildman–Crippen LogP) is 3.63. The Morgan fingerprint density at radius 2 is 2.00 bits per heavy atom. The molecule has 0 aromatic heterocycles. The lowest BCUT2D eigenvalue weighted by Gasteiger charge is -2.18. The van der Waals surface area contributed by atoms with Gasteiger partial charge in [-0.05, 0) is 43.7 Å². The van der Waals surface area contributed by atoms with Gasteiger partial charge in [0.15, 0.2) is 0 Å². The molecule has 0 aliphatic heterocycles. The number of amides is 1. The first-order valence-electron chi connectivity index (χ1n) is 6.54. The Morgan fingerprint density at radius 3 is 2.57 bits per heavy atom. The van der Waals surface area contributed by atoms with E-state index in [1.807, 2.05) is 26.0 Å². The summed E-state index contributed by atoms with van der Waals surface area (Å²) in [6.07, 6.45) is 0. The number of nitrogens with two attached hydrogens (primary N) is 1. The summed E-state index contributed by atoms with van der Waals surface area (Å²) >= 11 is 6.02. The van der Waals surface area contributed by atoms with Crippen molar-refractivity contribution in [2.24, 2.45) is 5.73 Å². The van der Waals surface area contributed by atoms with Crippen LogP contribution in [0.1, 0.15) is 34.5 Å². The fraction of sp³-hybridized carbons (Fsp3) is 0.188. The smallest absolute Gasteiger partial charge is 0.250 e. The van der Waals surface area contributed by atoms with E-state index in [9.17, 15) is 9.90 Å². The van der Waals surface area contributed by atoms with E-state index in [-0.39, 0.29) is 17.4 Å². The molecule has 110 valence electrons. The van der Waals surface area contributed by atoms with Gasteiger partial charge in [-0.1, -0.05) is 23.7 Å². The SMILES string of the molecule is Cc1ccc(C(C)Nc2ccc(C(N)=O)c(Cl)c2)c(O)c1. The minimum atomic E-state index is -0.559. The summed E-state index contributed by atoms with van der Waals surface area (Å²) in [5.41, 5.74) is 8.03. The van der Waals surface area contributed by atoms with E-state index < -0.39 is 5.91 Å². The highest BCUT2D eigenvalue weighted by atomic mass is 35.5. The van der Waals surface area contributed by atoms with Gasteiger partial charge in [-0.25, -0.2) is 0 Å². The average molecular weight is 305 g/mol. The molecule has 4 nitrogen and oxygen atoms in total. The third-order valence-corrected chi connectivity index (χ3v) is 3.58. The number of anilines is 1. The van der Waals surface area contributed by atoms with Gasteiger partial charge in [-0.3, -0.25) is 4.79 Å². The van der Waals surface area contributed by atoms with Gasteiger partial charge < -0.3 is 16.2 Å². The summed E-state index contributed by atoms with van der Waals surface area (Å²) in [4.78, 5) is 11.1. The Balaban J connectivity index is 2.21. The molecule has 1 atom stereocenters. The number of phenolic OH excluding ortho intramolecular Hbond substituents is 1. The van der Waals surface area contributed by atoms with Crippen LogP contribution in [0.25, 0.3) is 0 Å². The minimum absolute atomic E-state index is 0.110. The molecule has 0 spiro atoms. The van der Waals surface area contributed by atoms with Crippen LogP contribution in [0.15, 0.2) is 36.4 Å². The highest BCUT2D eigenvalue weighted by Gasteiger charge is 2.12. The fourth-order valence-electron chi connectivity index (χ4n) is 2.15. The Labute approximate surface area is 128 Å². The fourth-order valence-corrected chi connectivity index (χ4v) is 2.43. The maximum atomic E-state index is 11.1. The van der Waals surface area contributed by atoms with Crippen molar-refractivity contribution >= 4 is 23.2 Å². The molecule has 2 aromatic rings. The van der Waals surface area contributed by atoms with Crippen LogP contribution in [0, 0.1) is 6.92 Å². The van der Waals surface area contributed by atoms with Gasteiger partial charge in [0.2, 0.25) is 5.91 Å².